The number of hydrogen-bond donors (Lipinski definition) is 3. The Morgan fingerprint density at radius 3 is 2.42 bits per heavy atom. The van der Waals surface area contributed by atoms with Crippen molar-refractivity contribution in [1.29, 1.82) is 0 Å². The first-order chi connectivity index (χ1) is 31.3. The van der Waals surface area contributed by atoms with Gasteiger partial charge in [0, 0.05) is 62.3 Å². The smallest absolute Gasteiger partial charge is 0.410 e. The van der Waals surface area contributed by atoms with Gasteiger partial charge >= 0.3 is 12.1 Å². The minimum atomic E-state index is -1.19. The van der Waals surface area contributed by atoms with Gasteiger partial charge in [-0.15, -0.1) is 5.10 Å². The summed E-state index contributed by atoms with van der Waals surface area (Å²) in [5.41, 5.74) is 2.91. The lowest BCUT2D eigenvalue weighted by Gasteiger charge is -2.47. The van der Waals surface area contributed by atoms with Crippen molar-refractivity contribution < 1.29 is 53.2 Å². The molecule has 6 rings (SSSR count). The number of carbonyl (C=O) groups excluding carboxylic acids is 4. The molecule has 1 aromatic heterocycles. The number of ketones is 1. The number of amides is 2. The van der Waals surface area contributed by atoms with Crippen molar-refractivity contribution in [2.24, 2.45) is 28.7 Å². The quantitative estimate of drug-likeness (QED) is 0.0674. The zero-order chi connectivity index (χ0) is 48.1. The summed E-state index contributed by atoms with van der Waals surface area (Å²) in [5, 5.41) is 29.4. The number of aliphatic imine (C=N–C) groups is 1. The molecule has 0 radical (unpaired) electrons. The first-order valence-electron chi connectivity index (χ1n) is 23.8. The van der Waals surface area contributed by atoms with E-state index in [2.05, 4.69) is 22.1 Å². The summed E-state index contributed by atoms with van der Waals surface area (Å²) in [7, 11) is 3.53. The summed E-state index contributed by atoms with van der Waals surface area (Å²) in [5.74, 6) is -4.07. The van der Waals surface area contributed by atoms with E-state index >= 15 is 0 Å². The van der Waals surface area contributed by atoms with Gasteiger partial charge < -0.3 is 28.8 Å². The molecule has 0 unspecified atom stereocenters. The Hall–Kier alpha value is -4.33. The molecule has 5 heterocycles. The molecule has 3 fully saturated rings. The number of aliphatic hydroxyl groups excluding tert-OH is 1. The third kappa shape index (κ3) is 11.0. The highest BCUT2D eigenvalue weighted by molar-refractivity contribution is 6.00. The van der Waals surface area contributed by atoms with Gasteiger partial charge in [-0.05, 0) is 78.3 Å². The number of rotatable bonds is 15. The molecule has 4 aliphatic rings. The van der Waals surface area contributed by atoms with Gasteiger partial charge in [0.15, 0.2) is 17.7 Å². The molecule has 18 nitrogen and oxygen atoms in total. The molecule has 66 heavy (non-hydrogen) atoms. The van der Waals surface area contributed by atoms with E-state index in [1.807, 2.05) is 76.8 Å². The number of likely N-dealkylation sites (N-methyl/N-ethyl adjacent to an activating group) is 1. The second kappa shape index (κ2) is 21.7. The van der Waals surface area contributed by atoms with Crippen molar-refractivity contribution in [2.75, 3.05) is 27.2 Å². The van der Waals surface area contributed by atoms with Gasteiger partial charge in [-0.3, -0.25) is 39.1 Å². The highest BCUT2D eigenvalue weighted by Gasteiger charge is 2.60. The predicted octanol–water partition coefficient (Wildman–Crippen LogP) is 5.36. The minimum Gasteiger partial charge on any atom is -0.458 e. The topological polar surface area (TPSA) is 216 Å². The minimum absolute atomic E-state index is 0.203. The number of benzene rings is 1. The third-order valence-corrected chi connectivity index (χ3v) is 14.6. The van der Waals surface area contributed by atoms with E-state index < -0.39 is 71.5 Å². The second-order valence-corrected chi connectivity index (χ2v) is 19.5. The molecule has 4 aliphatic heterocycles. The maximum Gasteiger partial charge on any atom is 0.410 e. The number of Topliss-reactive ketones (excluding diaryl/α,β-unsaturated/α-hetero) is 1. The van der Waals surface area contributed by atoms with Crippen LogP contribution in [-0.4, -0.2) is 146 Å². The molecule has 0 saturated carbocycles. The van der Waals surface area contributed by atoms with Gasteiger partial charge in [0.25, 0.3) is 0 Å². The van der Waals surface area contributed by atoms with E-state index in [1.54, 1.807) is 24.4 Å². The maximum atomic E-state index is 14.5. The molecule has 0 spiro atoms. The molecule has 3 N–H and O–H groups in total. The predicted molar refractivity (Wildman–Crippen MR) is 243 cm³/mol. The Morgan fingerprint density at radius 1 is 1.03 bits per heavy atom. The number of aliphatic hydroxyl groups is 1. The number of fused-ring (bicyclic) bond motifs is 1. The van der Waals surface area contributed by atoms with Crippen LogP contribution in [0.25, 0.3) is 11.3 Å². The van der Waals surface area contributed by atoms with Gasteiger partial charge in [0.05, 0.1) is 36.6 Å². The van der Waals surface area contributed by atoms with Crippen LogP contribution in [0.15, 0.2) is 35.5 Å². The monoisotopic (exact) mass is 924 g/mol. The largest absolute Gasteiger partial charge is 0.458 e. The van der Waals surface area contributed by atoms with Crippen molar-refractivity contribution in [3.63, 3.8) is 0 Å². The number of carbonyl (C=O) groups is 4. The van der Waals surface area contributed by atoms with E-state index in [0.29, 0.717) is 58.3 Å². The number of aryl methyl sites for hydroxylation is 1. The first-order valence-corrected chi connectivity index (χ1v) is 23.8. The number of ether oxygens (including phenoxy) is 5. The van der Waals surface area contributed by atoms with E-state index in [1.165, 1.54) is 6.92 Å². The summed E-state index contributed by atoms with van der Waals surface area (Å²) in [6.45, 7) is 16.8. The summed E-state index contributed by atoms with van der Waals surface area (Å²) in [6.07, 6.45) is 2.06. The van der Waals surface area contributed by atoms with E-state index in [4.69, 9.17) is 33.9 Å². The van der Waals surface area contributed by atoms with Crippen molar-refractivity contribution in [3.05, 3.63) is 36.0 Å². The van der Waals surface area contributed by atoms with Gasteiger partial charge in [0.2, 0.25) is 5.91 Å². The first kappa shape index (κ1) is 51.1. The lowest BCUT2D eigenvalue weighted by molar-refractivity contribution is -0.296. The van der Waals surface area contributed by atoms with Crippen LogP contribution in [0.2, 0.25) is 0 Å². The lowest BCUT2D eigenvalue weighted by atomic mass is 9.73. The average molecular weight is 924 g/mol. The van der Waals surface area contributed by atoms with Crippen LogP contribution in [0.3, 0.4) is 0 Å². The number of hydroxylamine groups is 1. The van der Waals surface area contributed by atoms with Crippen molar-refractivity contribution in [2.45, 2.75) is 174 Å². The lowest BCUT2D eigenvalue weighted by Crippen LogP contribution is -2.60. The fourth-order valence-corrected chi connectivity index (χ4v) is 10.9. The number of hydrogen-bond acceptors (Lipinski definition) is 15. The molecule has 366 valence electrons. The number of aromatic nitrogens is 3. The highest BCUT2D eigenvalue weighted by atomic mass is 16.7. The van der Waals surface area contributed by atoms with E-state index in [-0.39, 0.29) is 29.9 Å². The molecule has 13 atom stereocenters. The Labute approximate surface area is 389 Å². The van der Waals surface area contributed by atoms with Crippen LogP contribution in [-0.2, 0) is 51.2 Å². The number of esters is 1. The normalized spacial score (nSPS) is 34.3. The molecule has 18 heteroatoms. The maximum absolute atomic E-state index is 14.5. The molecular formula is C48H73N7O11. The van der Waals surface area contributed by atoms with Crippen LogP contribution in [0, 0.1) is 23.7 Å². The number of methoxy groups -OCH3 is 1. The molecular weight excluding hydrogens is 851 g/mol. The van der Waals surface area contributed by atoms with Gasteiger partial charge in [-0.1, -0.05) is 70.0 Å². The number of nitrogens with one attached hydrogen (secondary N) is 1. The fraction of sp³-hybridized carbons (Fsp3) is 0.729. The molecule has 2 amide bonds. The number of cyclic esters (lactones) is 1. The average Bonchev–Trinajstić information content (AvgIpc) is 3.81. The molecule has 0 aliphatic carbocycles. The van der Waals surface area contributed by atoms with E-state index in [9.17, 15) is 24.3 Å². The molecule has 1 aromatic carbocycles. The van der Waals surface area contributed by atoms with Crippen LogP contribution in [0.4, 0.5) is 4.79 Å². The fourth-order valence-electron chi connectivity index (χ4n) is 10.9. The Morgan fingerprint density at radius 2 is 1.74 bits per heavy atom. The van der Waals surface area contributed by atoms with Gasteiger partial charge in [-0.2, -0.15) is 0 Å². The molecule has 2 aromatic rings. The molecule has 3 saturated heterocycles. The second-order valence-electron chi connectivity index (χ2n) is 19.5. The summed E-state index contributed by atoms with van der Waals surface area (Å²) < 4.78 is 33.7. The van der Waals surface area contributed by atoms with E-state index in [0.717, 1.165) is 41.8 Å². The Kier molecular flexibility index (Phi) is 16.8. The molecule has 2 bridgehead atoms. The Bertz CT molecular complexity index is 2030. The van der Waals surface area contributed by atoms with Gasteiger partial charge in [-0.25, -0.2) is 10.3 Å². The highest BCUT2D eigenvalue weighted by Crippen LogP contribution is 2.44. The standard InChI is InChI=1S/C48H73N7O11/c1-11-37-48(8)42-30(4)39(49-21-23-55(42)46(60)66-48)28(2)25-47(7,62-10)43(31(5)40(57)32(6)44(59)64-37)65-45-41(58)36(24-29(3)63-45)53(9)26-33-17-19-34(20-18-33)35-27-54(52-50-35)22-15-13-12-14-16-38(56)51-61/h17-20,27-32,36-37,41-43,45,58,61H,11-16,21-26H2,1-10H3,(H,51,56)/t28-,29-,30+,31+,32-,36+,37-,41-,42-,43-,45+,47+,48-/m1/s1. The van der Waals surface area contributed by atoms with Crippen molar-refractivity contribution in [3.8, 4) is 11.3 Å². The number of nitrogens with zero attached hydrogens (tertiary/aromatic N) is 6. The van der Waals surface area contributed by atoms with Crippen LogP contribution < -0.4 is 5.48 Å². The summed E-state index contributed by atoms with van der Waals surface area (Å²) >= 11 is 0. The van der Waals surface area contributed by atoms with Crippen molar-refractivity contribution >= 4 is 29.5 Å². The summed E-state index contributed by atoms with van der Waals surface area (Å²) in [6, 6.07) is 7.23. The van der Waals surface area contributed by atoms with Crippen molar-refractivity contribution in [1.82, 2.24) is 30.3 Å². The number of unbranched alkanes of at least 4 members (excludes halogenated alkanes) is 3. The summed E-state index contributed by atoms with van der Waals surface area (Å²) in [4.78, 5) is 61.9. The van der Waals surface area contributed by atoms with Crippen LogP contribution in [0.1, 0.15) is 112 Å². The zero-order valence-corrected chi connectivity index (χ0v) is 40.5. The van der Waals surface area contributed by atoms with Crippen LogP contribution in [0.5, 0.6) is 0 Å². The SMILES string of the molecule is CC[C@H]1OC(=O)[C@H](C)C(=O)[C@H](C)[C@@H](O[C@@H]2O[C@H](C)C[C@H](N(C)Cc3ccc(-c4cn(CCCCCCC(=O)NO)nn4)cc3)[C@H]2O)[C@@](C)(OC)C[C@@H](C)C2=NCCN3C(=O)O[C@@]1(C)[C@H]3[C@H]2C. The zero-order valence-electron chi connectivity index (χ0n) is 40.5. The van der Waals surface area contributed by atoms with Crippen LogP contribution >= 0.6 is 0 Å². The third-order valence-electron chi connectivity index (χ3n) is 14.6. The Balaban J connectivity index is 1.18. The van der Waals surface area contributed by atoms with Gasteiger partial charge in [0.1, 0.15) is 23.8 Å².